The Balaban J connectivity index is 2.39. The molecule has 0 aliphatic carbocycles. The van der Waals surface area contributed by atoms with E-state index in [9.17, 15) is 26.7 Å². The van der Waals surface area contributed by atoms with Gasteiger partial charge in [-0.2, -0.15) is 5.10 Å². The van der Waals surface area contributed by atoms with Gasteiger partial charge in [0.25, 0.3) is 12.3 Å². The van der Waals surface area contributed by atoms with Gasteiger partial charge in [-0.3, -0.25) is 9.48 Å². The zero-order valence-corrected chi connectivity index (χ0v) is 13.8. The number of hydrogen-bond acceptors (Lipinski definition) is 2. The number of alkyl halides is 2. The van der Waals surface area contributed by atoms with Crippen molar-refractivity contribution in [3.05, 3.63) is 65.1 Å². The lowest BCUT2D eigenvalue weighted by atomic mass is 9.94. The standard InChI is InChI=1S/C18H12F5N3O/c1-26-16(14(18(24)27)15(25-26)17(22)23)11-7-13(21)12(20)6-10(11)8-3-2-4-9(19)5-8/h2-7,17H,1H3,(H2,24,27). The maximum Gasteiger partial charge on any atom is 0.282 e. The number of hydrogen-bond donors (Lipinski definition) is 1. The molecule has 0 aliphatic heterocycles. The van der Waals surface area contributed by atoms with Crippen LogP contribution in [0.2, 0.25) is 0 Å². The van der Waals surface area contributed by atoms with Crippen LogP contribution in [-0.4, -0.2) is 15.7 Å². The molecule has 0 radical (unpaired) electrons. The Labute approximate surface area is 150 Å². The first-order valence-electron chi connectivity index (χ1n) is 7.61. The largest absolute Gasteiger partial charge is 0.365 e. The van der Waals surface area contributed by atoms with Crippen molar-refractivity contribution < 1.29 is 26.7 Å². The Morgan fingerprint density at radius 2 is 1.70 bits per heavy atom. The lowest BCUT2D eigenvalue weighted by molar-refractivity contribution is 0.0985. The zero-order valence-electron chi connectivity index (χ0n) is 13.8. The van der Waals surface area contributed by atoms with Crippen LogP contribution in [-0.2, 0) is 7.05 Å². The second-order valence-corrected chi connectivity index (χ2v) is 5.72. The average molecular weight is 381 g/mol. The van der Waals surface area contributed by atoms with Crippen molar-refractivity contribution in [2.24, 2.45) is 12.8 Å². The van der Waals surface area contributed by atoms with Gasteiger partial charge in [-0.05, 0) is 35.4 Å². The summed E-state index contributed by atoms with van der Waals surface area (Å²) in [6, 6.07) is 6.50. The first-order valence-corrected chi connectivity index (χ1v) is 7.61. The Morgan fingerprint density at radius 1 is 1.07 bits per heavy atom. The summed E-state index contributed by atoms with van der Waals surface area (Å²) in [6.45, 7) is 0. The molecule has 0 saturated heterocycles. The van der Waals surface area contributed by atoms with Crippen molar-refractivity contribution in [3.8, 4) is 22.4 Å². The third-order valence-electron chi connectivity index (χ3n) is 3.98. The van der Waals surface area contributed by atoms with Crippen molar-refractivity contribution in [1.29, 1.82) is 0 Å². The summed E-state index contributed by atoms with van der Waals surface area (Å²) in [5.41, 5.74) is 3.52. The molecule has 0 spiro atoms. The fraction of sp³-hybridized carbons (Fsp3) is 0.111. The number of nitrogens with two attached hydrogens (primary N) is 1. The normalized spacial score (nSPS) is 11.2. The molecule has 140 valence electrons. The van der Waals surface area contributed by atoms with Gasteiger partial charge in [-0.15, -0.1) is 0 Å². The SMILES string of the molecule is Cn1nc(C(F)F)c(C(N)=O)c1-c1cc(F)c(F)cc1-c1cccc(F)c1. The van der Waals surface area contributed by atoms with Gasteiger partial charge >= 0.3 is 0 Å². The molecule has 2 aromatic carbocycles. The summed E-state index contributed by atoms with van der Waals surface area (Å²) in [7, 11) is 1.25. The van der Waals surface area contributed by atoms with Gasteiger partial charge in [0, 0.05) is 12.6 Å². The third-order valence-corrected chi connectivity index (χ3v) is 3.98. The molecule has 4 nitrogen and oxygen atoms in total. The molecule has 27 heavy (non-hydrogen) atoms. The minimum Gasteiger partial charge on any atom is -0.365 e. The molecule has 0 fully saturated rings. The quantitative estimate of drug-likeness (QED) is 0.689. The van der Waals surface area contributed by atoms with Crippen LogP contribution in [0.3, 0.4) is 0 Å². The fourth-order valence-electron chi connectivity index (χ4n) is 2.89. The maximum absolute atomic E-state index is 13.9. The van der Waals surface area contributed by atoms with Gasteiger partial charge < -0.3 is 5.73 Å². The van der Waals surface area contributed by atoms with Gasteiger partial charge in [-0.25, -0.2) is 22.0 Å². The lowest BCUT2D eigenvalue weighted by Crippen LogP contribution is -2.14. The van der Waals surface area contributed by atoms with E-state index >= 15 is 0 Å². The molecule has 0 atom stereocenters. The number of nitrogens with zero attached hydrogens (tertiary/aromatic N) is 2. The monoisotopic (exact) mass is 381 g/mol. The first-order chi connectivity index (χ1) is 12.7. The van der Waals surface area contributed by atoms with Gasteiger partial charge in [0.05, 0.1) is 11.3 Å². The molecule has 9 heteroatoms. The topological polar surface area (TPSA) is 60.9 Å². The van der Waals surface area contributed by atoms with Crippen molar-refractivity contribution in [1.82, 2.24) is 9.78 Å². The second-order valence-electron chi connectivity index (χ2n) is 5.72. The average Bonchev–Trinajstić information content (AvgIpc) is 2.94. The zero-order chi connectivity index (χ0) is 19.9. The summed E-state index contributed by atoms with van der Waals surface area (Å²) in [4.78, 5) is 11.8. The highest BCUT2D eigenvalue weighted by atomic mass is 19.3. The van der Waals surface area contributed by atoms with Crippen molar-refractivity contribution >= 4 is 5.91 Å². The minimum atomic E-state index is -3.12. The molecule has 3 rings (SSSR count). The van der Waals surface area contributed by atoms with Gasteiger partial charge in [0.2, 0.25) is 0 Å². The van der Waals surface area contributed by atoms with E-state index in [1.54, 1.807) is 0 Å². The van der Waals surface area contributed by atoms with E-state index in [-0.39, 0.29) is 22.4 Å². The van der Waals surface area contributed by atoms with Crippen LogP contribution < -0.4 is 5.73 Å². The van der Waals surface area contributed by atoms with E-state index in [1.807, 2.05) is 0 Å². The van der Waals surface area contributed by atoms with Crippen molar-refractivity contribution in [3.63, 3.8) is 0 Å². The van der Waals surface area contributed by atoms with Crippen molar-refractivity contribution in [2.45, 2.75) is 6.43 Å². The van der Waals surface area contributed by atoms with Crippen LogP contribution in [0.1, 0.15) is 22.5 Å². The van der Waals surface area contributed by atoms with Crippen LogP contribution in [0.5, 0.6) is 0 Å². The Kier molecular flexibility index (Phi) is 4.69. The highest BCUT2D eigenvalue weighted by molar-refractivity contribution is 6.02. The van der Waals surface area contributed by atoms with Crippen LogP contribution in [0.25, 0.3) is 22.4 Å². The van der Waals surface area contributed by atoms with Crippen LogP contribution in [0.15, 0.2) is 36.4 Å². The molecule has 1 aromatic heterocycles. The molecular weight excluding hydrogens is 369 g/mol. The number of primary amides is 1. The first kappa shape index (κ1) is 18.6. The molecule has 0 aliphatic rings. The van der Waals surface area contributed by atoms with E-state index in [4.69, 9.17) is 5.73 Å². The van der Waals surface area contributed by atoms with Gasteiger partial charge in [0.15, 0.2) is 11.6 Å². The predicted octanol–water partition coefficient (Wildman–Crippen LogP) is 4.21. The number of aryl methyl sites for hydroxylation is 1. The smallest absolute Gasteiger partial charge is 0.282 e. The summed E-state index contributed by atoms with van der Waals surface area (Å²) in [5.74, 6) is -4.35. The molecule has 1 heterocycles. The minimum absolute atomic E-state index is 0.0142. The number of amides is 1. The number of carbonyl (C=O) groups excluding carboxylic acids is 1. The van der Waals surface area contributed by atoms with Gasteiger partial charge in [0.1, 0.15) is 11.5 Å². The number of benzene rings is 2. The van der Waals surface area contributed by atoms with E-state index in [0.29, 0.717) is 0 Å². The Morgan fingerprint density at radius 3 is 2.26 bits per heavy atom. The highest BCUT2D eigenvalue weighted by Crippen LogP contribution is 2.38. The molecule has 0 saturated carbocycles. The maximum atomic E-state index is 13.9. The third kappa shape index (κ3) is 3.27. The summed E-state index contributed by atoms with van der Waals surface area (Å²) >= 11 is 0. The van der Waals surface area contributed by atoms with Gasteiger partial charge in [-0.1, -0.05) is 12.1 Å². The Bertz CT molecular complexity index is 1050. The molecule has 3 aromatic rings. The molecule has 0 bridgehead atoms. The van der Waals surface area contributed by atoms with Crippen LogP contribution in [0, 0.1) is 17.5 Å². The predicted molar refractivity (Wildman–Crippen MR) is 87.4 cm³/mol. The number of aromatic nitrogens is 2. The van der Waals surface area contributed by atoms with E-state index in [0.717, 1.165) is 28.9 Å². The summed E-state index contributed by atoms with van der Waals surface area (Å²) in [6.07, 6.45) is -3.12. The van der Waals surface area contributed by atoms with Crippen molar-refractivity contribution in [2.75, 3.05) is 0 Å². The highest BCUT2D eigenvalue weighted by Gasteiger charge is 2.29. The number of carbonyl (C=O) groups is 1. The number of rotatable bonds is 4. The molecular formula is C18H12F5N3O. The molecule has 0 unspecified atom stereocenters. The van der Waals surface area contributed by atoms with E-state index in [2.05, 4.69) is 5.10 Å². The van der Waals surface area contributed by atoms with E-state index in [1.165, 1.54) is 19.2 Å². The Hall–Kier alpha value is -3.23. The molecule has 1 amide bonds. The van der Waals surface area contributed by atoms with Crippen LogP contribution in [0.4, 0.5) is 22.0 Å². The fourth-order valence-corrected chi connectivity index (χ4v) is 2.89. The second kappa shape index (κ2) is 6.82. The van der Waals surface area contributed by atoms with E-state index < -0.39 is 41.0 Å². The summed E-state index contributed by atoms with van der Waals surface area (Å²) < 4.78 is 68.8. The summed E-state index contributed by atoms with van der Waals surface area (Å²) in [5, 5.41) is 3.59. The molecule has 2 N–H and O–H groups in total. The lowest BCUT2D eigenvalue weighted by Gasteiger charge is -2.13. The van der Waals surface area contributed by atoms with Crippen LogP contribution >= 0.6 is 0 Å². The number of halogens is 5.